The van der Waals surface area contributed by atoms with Crippen molar-refractivity contribution in [3.8, 4) is 0 Å². The number of nitrogens with two attached hydrogens (primary N) is 1. The lowest BCUT2D eigenvalue weighted by atomic mass is 9.90. The number of nitrogens with one attached hydrogen (secondary N) is 2. The third-order valence-corrected chi connectivity index (χ3v) is 3.14. The first-order valence-corrected chi connectivity index (χ1v) is 6.04. The first-order valence-electron chi connectivity index (χ1n) is 6.04. The molecule has 0 spiro atoms. The average Bonchev–Trinajstić information content (AvgIpc) is 2.53. The first kappa shape index (κ1) is 14.3. The average molecular weight is 257 g/mol. The van der Waals surface area contributed by atoms with E-state index in [0.717, 1.165) is 25.7 Å². The van der Waals surface area contributed by atoms with Crippen molar-refractivity contribution in [1.82, 2.24) is 10.6 Å². The summed E-state index contributed by atoms with van der Waals surface area (Å²) < 4.78 is 0. The molecule has 0 radical (unpaired) electrons. The number of aliphatic carboxylic acids is 1. The molecule has 0 aromatic carbocycles. The topological polar surface area (TPSA) is 122 Å². The number of rotatable bonds is 4. The molecule has 0 bridgehead atoms. The molecule has 7 heteroatoms. The summed E-state index contributed by atoms with van der Waals surface area (Å²) in [4.78, 5) is 33.4. The smallest absolute Gasteiger partial charge is 0.329 e. The second-order valence-corrected chi connectivity index (χ2v) is 4.58. The van der Waals surface area contributed by atoms with Crippen molar-refractivity contribution in [3.05, 3.63) is 0 Å². The van der Waals surface area contributed by atoms with Crippen molar-refractivity contribution in [3.63, 3.8) is 0 Å². The highest BCUT2D eigenvalue weighted by molar-refractivity contribution is 5.88. The third kappa shape index (κ3) is 3.90. The van der Waals surface area contributed by atoms with E-state index in [1.807, 2.05) is 0 Å². The van der Waals surface area contributed by atoms with Crippen LogP contribution in [0.3, 0.4) is 0 Å². The van der Waals surface area contributed by atoms with Gasteiger partial charge >= 0.3 is 12.0 Å². The summed E-state index contributed by atoms with van der Waals surface area (Å²) >= 11 is 0. The SMILES string of the molecule is NC(=O)CNC(=O)NC1(C(=O)O)CCCCCC1. The molecule has 0 heterocycles. The van der Waals surface area contributed by atoms with E-state index in [0.29, 0.717) is 12.8 Å². The number of hydrogen-bond donors (Lipinski definition) is 4. The Balaban J connectivity index is 2.64. The molecule has 0 aliphatic heterocycles. The predicted octanol–water partition coefficient (Wildman–Crippen LogP) is -0.0515. The number of carboxylic acid groups (broad SMARTS) is 1. The van der Waals surface area contributed by atoms with Crippen LogP contribution in [0.25, 0.3) is 0 Å². The minimum atomic E-state index is -1.22. The molecule has 0 aromatic heterocycles. The van der Waals surface area contributed by atoms with Gasteiger partial charge in [0.25, 0.3) is 0 Å². The third-order valence-electron chi connectivity index (χ3n) is 3.14. The second-order valence-electron chi connectivity index (χ2n) is 4.58. The highest BCUT2D eigenvalue weighted by Gasteiger charge is 2.40. The van der Waals surface area contributed by atoms with Gasteiger partial charge in [-0.25, -0.2) is 9.59 Å². The number of carbonyl (C=O) groups excluding carboxylic acids is 2. The van der Waals surface area contributed by atoms with Gasteiger partial charge in [0.1, 0.15) is 5.54 Å². The van der Waals surface area contributed by atoms with E-state index in [1.165, 1.54) is 0 Å². The van der Waals surface area contributed by atoms with Gasteiger partial charge in [-0.3, -0.25) is 4.79 Å². The molecule has 18 heavy (non-hydrogen) atoms. The van der Waals surface area contributed by atoms with Crippen LogP contribution in [0.4, 0.5) is 4.79 Å². The molecule has 1 aliphatic carbocycles. The normalized spacial score (nSPS) is 18.4. The zero-order chi connectivity index (χ0) is 13.6. The predicted molar refractivity (Wildman–Crippen MR) is 63.8 cm³/mol. The molecule has 7 nitrogen and oxygen atoms in total. The van der Waals surface area contributed by atoms with Gasteiger partial charge in [-0.05, 0) is 12.8 Å². The van der Waals surface area contributed by atoms with Gasteiger partial charge in [0.2, 0.25) is 5.91 Å². The van der Waals surface area contributed by atoms with Crippen LogP contribution < -0.4 is 16.4 Å². The van der Waals surface area contributed by atoms with E-state index >= 15 is 0 Å². The van der Waals surface area contributed by atoms with Crippen molar-refractivity contribution in [1.29, 1.82) is 0 Å². The molecule has 0 atom stereocenters. The minimum Gasteiger partial charge on any atom is -0.480 e. The summed E-state index contributed by atoms with van der Waals surface area (Å²) in [6.45, 7) is -0.304. The van der Waals surface area contributed by atoms with Crippen LogP contribution in [0.2, 0.25) is 0 Å². The van der Waals surface area contributed by atoms with Crippen LogP contribution in [-0.2, 0) is 9.59 Å². The van der Waals surface area contributed by atoms with E-state index in [-0.39, 0.29) is 6.54 Å². The molecule has 0 aromatic rings. The summed E-state index contributed by atoms with van der Waals surface area (Å²) in [6, 6.07) is -0.668. The van der Waals surface area contributed by atoms with E-state index < -0.39 is 23.4 Å². The zero-order valence-corrected chi connectivity index (χ0v) is 10.2. The Morgan fingerprint density at radius 2 is 1.67 bits per heavy atom. The lowest BCUT2D eigenvalue weighted by Crippen LogP contribution is -2.57. The maximum Gasteiger partial charge on any atom is 0.329 e. The molecule has 102 valence electrons. The fourth-order valence-corrected chi connectivity index (χ4v) is 2.15. The molecule has 3 amide bonds. The van der Waals surface area contributed by atoms with Crippen molar-refractivity contribution in [2.45, 2.75) is 44.1 Å². The number of urea groups is 1. The molecule has 5 N–H and O–H groups in total. The Labute approximate surface area is 105 Å². The molecular formula is C11H19N3O4. The number of amides is 3. The number of primary amides is 1. The van der Waals surface area contributed by atoms with Crippen LogP contribution in [-0.4, -0.2) is 35.1 Å². The molecule has 1 saturated carbocycles. The van der Waals surface area contributed by atoms with E-state index in [1.54, 1.807) is 0 Å². The molecule has 0 saturated heterocycles. The van der Waals surface area contributed by atoms with Gasteiger partial charge in [-0.15, -0.1) is 0 Å². The van der Waals surface area contributed by atoms with Gasteiger partial charge in [0.05, 0.1) is 6.54 Å². The number of carboxylic acids is 1. The number of carbonyl (C=O) groups is 3. The van der Waals surface area contributed by atoms with Crippen molar-refractivity contribution in [2.75, 3.05) is 6.54 Å². The Morgan fingerprint density at radius 3 is 2.11 bits per heavy atom. The fraction of sp³-hybridized carbons (Fsp3) is 0.727. The second kappa shape index (κ2) is 6.23. The van der Waals surface area contributed by atoms with Crippen LogP contribution in [0.1, 0.15) is 38.5 Å². The van der Waals surface area contributed by atoms with Gasteiger partial charge in [0.15, 0.2) is 0 Å². The Morgan fingerprint density at radius 1 is 1.11 bits per heavy atom. The summed E-state index contributed by atoms with van der Waals surface area (Å²) in [5, 5.41) is 14.0. The van der Waals surface area contributed by atoms with Gasteiger partial charge in [-0.2, -0.15) is 0 Å². The van der Waals surface area contributed by atoms with Crippen LogP contribution >= 0.6 is 0 Å². The van der Waals surface area contributed by atoms with Gasteiger partial charge < -0.3 is 21.5 Å². The van der Waals surface area contributed by atoms with Crippen molar-refractivity contribution in [2.24, 2.45) is 5.73 Å². The van der Waals surface area contributed by atoms with Gasteiger partial charge in [-0.1, -0.05) is 25.7 Å². The van der Waals surface area contributed by atoms with E-state index in [9.17, 15) is 19.5 Å². The quantitative estimate of drug-likeness (QED) is 0.527. The molecule has 1 fully saturated rings. The van der Waals surface area contributed by atoms with E-state index in [2.05, 4.69) is 10.6 Å². The van der Waals surface area contributed by atoms with Crippen molar-refractivity contribution >= 4 is 17.9 Å². The van der Waals surface area contributed by atoms with Crippen LogP contribution in [0.5, 0.6) is 0 Å². The Hall–Kier alpha value is -1.79. The molecular weight excluding hydrogens is 238 g/mol. The number of hydrogen-bond acceptors (Lipinski definition) is 3. The maximum atomic E-state index is 11.5. The Bertz CT molecular complexity index is 335. The monoisotopic (exact) mass is 257 g/mol. The molecule has 1 aliphatic rings. The standard InChI is InChI=1S/C11H19N3O4/c12-8(15)7-13-10(18)14-11(9(16)17)5-3-1-2-4-6-11/h1-7H2,(H2,12,15)(H,16,17)(H2,13,14,18). The first-order chi connectivity index (χ1) is 8.46. The highest BCUT2D eigenvalue weighted by Crippen LogP contribution is 2.27. The highest BCUT2D eigenvalue weighted by atomic mass is 16.4. The minimum absolute atomic E-state index is 0.304. The Kier molecular flexibility index (Phi) is 4.94. The van der Waals surface area contributed by atoms with Crippen LogP contribution in [0.15, 0.2) is 0 Å². The molecule has 0 unspecified atom stereocenters. The lowest BCUT2D eigenvalue weighted by molar-refractivity contribution is -0.145. The fourth-order valence-electron chi connectivity index (χ4n) is 2.15. The lowest BCUT2D eigenvalue weighted by Gasteiger charge is -2.29. The summed E-state index contributed by atoms with van der Waals surface area (Å²) in [5.41, 5.74) is 3.67. The summed E-state index contributed by atoms with van der Waals surface area (Å²) in [7, 11) is 0. The summed E-state index contributed by atoms with van der Waals surface area (Å²) in [5.74, 6) is -1.70. The van der Waals surface area contributed by atoms with E-state index in [4.69, 9.17) is 5.73 Å². The van der Waals surface area contributed by atoms with Crippen LogP contribution in [0, 0.1) is 0 Å². The largest absolute Gasteiger partial charge is 0.480 e. The summed E-state index contributed by atoms with van der Waals surface area (Å²) in [6.07, 6.45) is 4.29. The zero-order valence-electron chi connectivity index (χ0n) is 10.2. The van der Waals surface area contributed by atoms with Crippen molar-refractivity contribution < 1.29 is 19.5 Å². The molecule has 1 rings (SSSR count). The van der Waals surface area contributed by atoms with Gasteiger partial charge in [0, 0.05) is 0 Å². The maximum absolute atomic E-state index is 11.5.